The summed E-state index contributed by atoms with van der Waals surface area (Å²) >= 11 is -4.53. The summed E-state index contributed by atoms with van der Waals surface area (Å²) in [6, 6.07) is 0. The van der Waals surface area contributed by atoms with Gasteiger partial charge < -0.3 is 9.11 Å². The fourth-order valence-corrected chi connectivity index (χ4v) is 3.89. The minimum Gasteiger partial charge on any atom is -0.772 e. The van der Waals surface area contributed by atoms with Gasteiger partial charge >= 0.3 is 0 Å². The molecule has 0 amide bonds. The molecular weight excluding hydrogens is 224 g/mol. The van der Waals surface area contributed by atoms with Crippen LogP contribution in [0.5, 0.6) is 0 Å². The van der Waals surface area contributed by atoms with E-state index >= 15 is 0 Å². The van der Waals surface area contributed by atoms with Crippen LogP contribution in [0.3, 0.4) is 0 Å². The molecule has 0 heterocycles. The van der Waals surface area contributed by atoms with Crippen molar-refractivity contribution < 1.29 is 17.5 Å². The van der Waals surface area contributed by atoms with E-state index in [1.165, 1.54) is 0 Å². The third kappa shape index (κ3) is 3.42. The fraction of sp³-hybridized carbons (Fsp3) is 1.00. The van der Waals surface area contributed by atoms with Crippen molar-refractivity contribution in [2.24, 2.45) is 0 Å². The van der Waals surface area contributed by atoms with Crippen LogP contribution in [0.4, 0.5) is 0 Å². The average molecular weight is 238 g/mol. The van der Waals surface area contributed by atoms with Gasteiger partial charge in [0.1, 0.15) is 0 Å². The van der Waals surface area contributed by atoms with Gasteiger partial charge in [0.25, 0.3) is 0 Å². The molecule has 14 heavy (non-hydrogen) atoms. The van der Waals surface area contributed by atoms with Gasteiger partial charge in [-0.25, -0.2) is 0 Å². The van der Waals surface area contributed by atoms with E-state index in [4.69, 9.17) is 0 Å². The molecule has 0 bridgehead atoms. The van der Waals surface area contributed by atoms with Gasteiger partial charge in [0.05, 0.1) is 0 Å². The monoisotopic (exact) mass is 238 g/mol. The number of hydrogen-bond donors (Lipinski definition) is 0. The molecule has 2 unspecified atom stereocenters. The lowest BCUT2D eigenvalue weighted by atomic mass is 10.0. The van der Waals surface area contributed by atoms with E-state index in [0.29, 0.717) is 12.8 Å². The molecule has 0 aromatic carbocycles. The van der Waals surface area contributed by atoms with Crippen LogP contribution in [0.25, 0.3) is 0 Å². The maximum Gasteiger partial charge on any atom is 0.0348 e. The summed E-state index contributed by atoms with van der Waals surface area (Å²) in [4.78, 5) is 0. The standard InChI is InChI=1S/C8H16O4S2/c9-13(10)7-5-3-1-2-4-6-8(7)14(11)12/h7-8H,1-6H2,(H,9,10)(H,11,12)/p-2/t7-,8-/m0/s1. The highest BCUT2D eigenvalue weighted by Crippen LogP contribution is 2.23. The molecule has 4 atom stereocenters. The van der Waals surface area contributed by atoms with Gasteiger partial charge in [-0.3, -0.25) is 8.42 Å². The van der Waals surface area contributed by atoms with E-state index in [9.17, 15) is 17.5 Å². The molecule has 1 aliphatic carbocycles. The van der Waals surface area contributed by atoms with Crippen LogP contribution in [0.15, 0.2) is 0 Å². The molecule has 84 valence electrons. The van der Waals surface area contributed by atoms with Crippen molar-refractivity contribution in [2.75, 3.05) is 0 Å². The molecule has 0 aliphatic heterocycles. The molecule has 0 aromatic rings. The fourth-order valence-electron chi connectivity index (χ4n) is 1.86. The predicted octanol–water partition coefficient (Wildman–Crippen LogP) is 0.836. The second-order valence-electron chi connectivity index (χ2n) is 3.59. The second kappa shape index (κ2) is 5.95. The normalized spacial score (nSPS) is 34.1. The predicted molar refractivity (Wildman–Crippen MR) is 53.1 cm³/mol. The topological polar surface area (TPSA) is 80.3 Å². The zero-order valence-electron chi connectivity index (χ0n) is 7.85. The lowest BCUT2D eigenvalue weighted by Gasteiger charge is -2.32. The smallest absolute Gasteiger partial charge is 0.0348 e. The van der Waals surface area contributed by atoms with Gasteiger partial charge in [-0.15, -0.1) is 0 Å². The van der Waals surface area contributed by atoms with Crippen molar-refractivity contribution in [2.45, 2.75) is 49.0 Å². The molecule has 1 aliphatic rings. The molecule has 1 fully saturated rings. The summed E-state index contributed by atoms with van der Waals surface area (Å²) in [6.45, 7) is 0. The lowest BCUT2D eigenvalue weighted by Crippen LogP contribution is -2.34. The van der Waals surface area contributed by atoms with E-state index in [-0.39, 0.29) is 0 Å². The SMILES string of the molecule is O=S([O-])[C@H]1CCCCCC[C@@H]1S(=O)[O-]. The highest BCUT2D eigenvalue weighted by atomic mass is 32.2. The van der Waals surface area contributed by atoms with E-state index in [0.717, 1.165) is 25.7 Å². The van der Waals surface area contributed by atoms with Crippen LogP contribution >= 0.6 is 0 Å². The van der Waals surface area contributed by atoms with E-state index in [1.54, 1.807) is 0 Å². The van der Waals surface area contributed by atoms with E-state index < -0.39 is 32.7 Å². The highest BCUT2D eigenvalue weighted by Gasteiger charge is 2.24. The first-order chi connectivity index (χ1) is 6.63. The molecule has 0 saturated heterocycles. The molecule has 1 rings (SSSR count). The Morgan fingerprint density at radius 1 is 0.786 bits per heavy atom. The molecule has 0 N–H and O–H groups in total. The molecule has 0 radical (unpaired) electrons. The van der Waals surface area contributed by atoms with Crippen LogP contribution < -0.4 is 0 Å². The lowest BCUT2D eigenvalue weighted by molar-refractivity contribution is 0.447. The summed E-state index contributed by atoms with van der Waals surface area (Å²) < 4.78 is 43.4. The largest absolute Gasteiger partial charge is 0.772 e. The first-order valence-electron chi connectivity index (χ1n) is 4.79. The van der Waals surface area contributed by atoms with Crippen LogP contribution in [0.1, 0.15) is 38.5 Å². The Morgan fingerprint density at radius 2 is 1.14 bits per heavy atom. The zero-order chi connectivity index (χ0) is 10.6. The summed E-state index contributed by atoms with van der Waals surface area (Å²) in [5.41, 5.74) is 0. The van der Waals surface area contributed by atoms with Crippen molar-refractivity contribution >= 4 is 22.2 Å². The zero-order valence-corrected chi connectivity index (χ0v) is 9.48. The summed E-state index contributed by atoms with van der Waals surface area (Å²) in [5, 5.41) is -1.40. The van der Waals surface area contributed by atoms with Gasteiger partial charge in [0.2, 0.25) is 0 Å². The van der Waals surface area contributed by atoms with Gasteiger partial charge in [-0.2, -0.15) is 0 Å². The van der Waals surface area contributed by atoms with Crippen LogP contribution in [-0.2, 0) is 22.2 Å². The summed E-state index contributed by atoms with van der Waals surface area (Å²) in [7, 11) is 0. The Morgan fingerprint density at radius 3 is 1.43 bits per heavy atom. The maximum atomic E-state index is 10.9. The van der Waals surface area contributed by atoms with Gasteiger partial charge in [-0.05, 0) is 12.8 Å². The number of rotatable bonds is 2. The first-order valence-corrected chi connectivity index (χ1v) is 7.06. The summed E-state index contributed by atoms with van der Waals surface area (Å²) in [5.74, 6) is 0. The third-order valence-electron chi connectivity index (χ3n) is 2.64. The van der Waals surface area contributed by atoms with Gasteiger partial charge in [0.15, 0.2) is 0 Å². The van der Waals surface area contributed by atoms with Crippen molar-refractivity contribution in [1.29, 1.82) is 0 Å². The Balaban J connectivity index is 2.70. The summed E-state index contributed by atoms with van der Waals surface area (Å²) in [6.07, 6.45) is 4.60. The van der Waals surface area contributed by atoms with Crippen molar-refractivity contribution in [1.82, 2.24) is 0 Å². The van der Waals surface area contributed by atoms with Gasteiger partial charge in [0, 0.05) is 10.5 Å². The minimum atomic E-state index is -2.26. The molecule has 4 nitrogen and oxygen atoms in total. The Kier molecular flexibility index (Phi) is 5.22. The molecular formula is C8H14O4S2-2. The third-order valence-corrected chi connectivity index (χ3v) is 4.93. The molecule has 6 heteroatoms. The van der Waals surface area contributed by atoms with Crippen molar-refractivity contribution in [3.63, 3.8) is 0 Å². The van der Waals surface area contributed by atoms with Crippen LogP contribution in [0.2, 0.25) is 0 Å². The molecule has 0 spiro atoms. The van der Waals surface area contributed by atoms with Crippen LogP contribution in [-0.4, -0.2) is 28.0 Å². The quantitative estimate of drug-likeness (QED) is 0.667. The Bertz CT molecular complexity index is 207. The van der Waals surface area contributed by atoms with Gasteiger partial charge in [-0.1, -0.05) is 47.8 Å². The molecule has 0 aromatic heterocycles. The Labute approximate surface area is 89.0 Å². The maximum absolute atomic E-state index is 10.9. The van der Waals surface area contributed by atoms with Crippen molar-refractivity contribution in [3.05, 3.63) is 0 Å². The second-order valence-corrected chi connectivity index (χ2v) is 5.84. The van der Waals surface area contributed by atoms with E-state index in [2.05, 4.69) is 0 Å². The minimum absolute atomic E-state index is 0.481. The number of hydrogen-bond acceptors (Lipinski definition) is 4. The highest BCUT2D eigenvalue weighted by molar-refractivity contribution is 7.84. The van der Waals surface area contributed by atoms with Crippen molar-refractivity contribution in [3.8, 4) is 0 Å². The Hall–Kier alpha value is 0.220. The molecule has 1 saturated carbocycles. The van der Waals surface area contributed by atoms with Crippen LogP contribution in [0, 0.1) is 0 Å². The van der Waals surface area contributed by atoms with E-state index in [1.807, 2.05) is 0 Å². The average Bonchev–Trinajstić information content (AvgIpc) is 2.01. The first kappa shape index (κ1) is 12.3.